The molecule has 1 aliphatic heterocycles. The van der Waals surface area contributed by atoms with Crippen molar-refractivity contribution >= 4 is 11.8 Å². The summed E-state index contributed by atoms with van der Waals surface area (Å²) in [7, 11) is 0. The summed E-state index contributed by atoms with van der Waals surface area (Å²) in [5.74, 6) is 1.62. The lowest BCUT2D eigenvalue weighted by Crippen LogP contribution is -2.62. The van der Waals surface area contributed by atoms with Crippen LogP contribution in [0.4, 0.5) is 4.39 Å². The van der Waals surface area contributed by atoms with E-state index in [9.17, 15) is 14.0 Å². The lowest BCUT2D eigenvalue weighted by molar-refractivity contribution is -0.143. The predicted octanol–water partition coefficient (Wildman–Crippen LogP) is 3.76. The Hall–Kier alpha value is -1.91. The zero-order valence-corrected chi connectivity index (χ0v) is 16.3. The number of carbonyl (C=O) groups excluding carboxylic acids is 2. The second-order valence-corrected chi connectivity index (χ2v) is 9.73. The maximum absolute atomic E-state index is 13.5. The van der Waals surface area contributed by atoms with E-state index in [1.165, 1.54) is 43.5 Å². The first-order valence-corrected chi connectivity index (χ1v) is 10.9. The van der Waals surface area contributed by atoms with Gasteiger partial charge < -0.3 is 10.2 Å². The summed E-state index contributed by atoms with van der Waals surface area (Å²) in [5.41, 5.74) is 0.328. The van der Waals surface area contributed by atoms with Crippen LogP contribution in [-0.2, 0) is 4.79 Å². The Morgan fingerprint density at radius 3 is 2.04 bits per heavy atom. The predicted molar refractivity (Wildman–Crippen MR) is 104 cm³/mol. The normalized spacial score (nSPS) is 34.5. The monoisotopic (exact) mass is 384 g/mol. The Balaban J connectivity index is 1.44. The van der Waals surface area contributed by atoms with Crippen molar-refractivity contribution in [1.29, 1.82) is 0 Å². The number of likely N-dealkylation sites (tertiary alicyclic amines) is 1. The summed E-state index contributed by atoms with van der Waals surface area (Å²) in [4.78, 5) is 28.5. The molecule has 150 valence electrons. The summed E-state index contributed by atoms with van der Waals surface area (Å²) in [5, 5.41) is 3.13. The summed E-state index contributed by atoms with van der Waals surface area (Å²) in [6.07, 6.45) is 9.19. The van der Waals surface area contributed by atoms with Crippen molar-refractivity contribution in [3.63, 3.8) is 0 Å². The molecule has 0 unspecified atom stereocenters. The van der Waals surface area contributed by atoms with E-state index in [-0.39, 0.29) is 23.0 Å². The first kappa shape index (κ1) is 18.1. The topological polar surface area (TPSA) is 49.4 Å². The van der Waals surface area contributed by atoms with Gasteiger partial charge in [0.15, 0.2) is 0 Å². The summed E-state index contributed by atoms with van der Waals surface area (Å²) < 4.78 is 13.3. The molecule has 5 heteroatoms. The molecule has 5 fully saturated rings. The van der Waals surface area contributed by atoms with Gasteiger partial charge in [0.25, 0.3) is 5.91 Å². The van der Waals surface area contributed by atoms with E-state index >= 15 is 0 Å². The number of hydrogen-bond donors (Lipinski definition) is 1. The smallest absolute Gasteiger partial charge is 0.251 e. The molecule has 1 N–H and O–H groups in total. The maximum atomic E-state index is 13.5. The van der Waals surface area contributed by atoms with E-state index < -0.39 is 6.04 Å². The average molecular weight is 384 g/mol. The van der Waals surface area contributed by atoms with Gasteiger partial charge in [-0.2, -0.15) is 0 Å². The number of benzene rings is 1. The lowest BCUT2D eigenvalue weighted by Gasteiger charge is -2.59. The third kappa shape index (κ3) is 3.13. The Morgan fingerprint density at radius 1 is 0.964 bits per heavy atom. The van der Waals surface area contributed by atoms with Crippen LogP contribution in [0, 0.1) is 29.0 Å². The van der Waals surface area contributed by atoms with E-state index in [1.807, 2.05) is 4.90 Å². The highest BCUT2D eigenvalue weighted by Crippen LogP contribution is 2.61. The molecule has 1 aromatic carbocycles. The van der Waals surface area contributed by atoms with Crippen LogP contribution in [0.25, 0.3) is 0 Å². The highest BCUT2D eigenvalue weighted by molar-refractivity contribution is 5.97. The zero-order valence-electron chi connectivity index (χ0n) is 16.3. The molecular formula is C23H29FN2O2. The molecular weight excluding hydrogens is 355 g/mol. The number of amides is 2. The first-order valence-electron chi connectivity index (χ1n) is 10.9. The molecule has 6 rings (SSSR count). The molecule has 0 aromatic heterocycles. The van der Waals surface area contributed by atoms with Gasteiger partial charge in [0, 0.05) is 24.1 Å². The first-order chi connectivity index (χ1) is 13.5. The molecule has 2 amide bonds. The standard InChI is InChI=1S/C23H29FN2O2/c24-19-5-3-18(4-6-19)21(27)25-20(22(28)26-7-1-2-8-26)23-12-15-9-16(13-23)11-17(10-15)14-23/h3-6,15-17,20H,1-2,7-14H2,(H,25,27)/t15?,16?,17?,20-,23?/m1/s1. The van der Waals surface area contributed by atoms with Crippen LogP contribution in [0.3, 0.4) is 0 Å². The van der Waals surface area contributed by atoms with Crippen LogP contribution >= 0.6 is 0 Å². The number of nitrogens with one attached hydrogen (secondary N) is 1. The summed E-state index contributed by atoms with van der Waals surface area (Å²) in [6.45, 7) is 1.60. The molecule has 1 heterocycles. The van der Waals surface area contributed by atoms with Crippen LogP contribution < -0.4 is 5.32 Å². The fraction of sp³-hybridized carbons (Fsp3) is 0.652. The lowest BCUT2D eigenvalue weighted by atomic mass is 9.47. The van der Waals surface area contributed by atoms with Crippen molar-refractivity contribution < 1.29 is 14.0 Å². The Labute approximate surface area is 165 Å². The SMILES string of the molecule is O=C(N[C@H](C(=O)N1CCCC1)C12CC3CC(CC(C3)C1)C2)c1ccc(F)cc1. The number of nitrogens with zero attached hydrogens (tertiary/aromatic N) is 1. The third-order valence-electron chi connectivity index (χ3n) is 7.74. The van der Waals surface area contributed by atoms with Crippen molar-refractivity contribution in [2.45, 2.75) is 57.4 Å². The second-order valence-electron chi connectivity index (χ2n) is 9.73. The fourth-order valence-electron chi connectivity index (χ4n) is 6.94. The number of hydrogen-bond acceptors (Lipinski definition) is 2. The van der Waals surface area contributed by atoms with Crippen molar-refractivity contribution in [2.24, 2.45) is 23.2 Å². The molecule has 4 saturated carbocycles. The zero-order chi connectivity index (χ0) is 19.3. The molecule has 5 aliphatic rings. The molecule has 0 radical (unpaired) electrons. The minimum atomic E-state index is -0.448. The summed E-state index contributed by atoms with van der Waals surface area (Å²) in [6, 6.07) is 5.16. The van der Waals surface area contributed by atoms with Gasteiger partial charge >= 0.3 is 0 Å². The Morgan fingerprint density at radius 2 is 1.50 bits per heavy atom. The number of halogens is 1. The van der Waals surface area contributed by atoms with E-state index in [0.29, 0.717) is 23.3 Å². The van der Waals surface area contributed by atoms with E-state index in [4.69, 9.17) is 0 Å². The van der Waals surface area contributed by atoms with Crippen molar-refractivity contribution in [2.75, 3.05) is 13.1 Å². The van der Waals surface area contributed by atoms with Crippen molar-refractivity contribution in [1.82, 2.24) is 10.2 Å². The van der Waals surface area contributed by atoms with Gasteiger partial charge in [-0.05, 0) is 93.4 Å². The van der Waals surface area contributed by atoms with Gasteiger partial charge in [-0.25, -0.2) is 4.39 Å². The van der Waals surface area contributed by atoms with Crippen LogP contribution in [-0.4, -0.2) is 35.8 Å². The molecule has 1 atom stereocenters. The third-order valence-corrected chi connectivity index (χ3v) is 7.74. The van der Waals surface area contributed by atoms with Gasteiger partial charge in [0.1, 0.15) is 11.9 Å². The van der Waals surface area contributed by atoms with Gasteiger partial charge in [-0.1, -0.05) is 0 Å². The molecule has 4 nitrogen and oxygen atoms in total. The summed E-state index contributed by atoms with van der Waals surface area (Å²) >= 11 is 0. The average Bonchev–Trinajstić information content (AvgIpc) is 3.19. The minimum Gasteiger partial charge on any atom is -0.341 e. The van der Waals surface area contributed by atoms with Crippen LogP contribution in [0.1, 0.15) is 61.7 Å². The highest BCUT2D eigenvalue weighted by atomic mass is 19.1. The van der Waals surface area contributed by atoms with Crippen LogP contribution in [0.2, 0.25) is 0 Å². The van der Waals surface area contributed by atoms with Gasteiger partial charge in [0.2, 0.25) is 5.91 Å². The molecule has 1 aromatic rings. The fourth-order valence-corrected chi connectivity index (χ4v) is 6.94. The maximum Gasteiger partial charge on any atom is 0.251 e. The van der Waals surface area contributed by atoms with Crippen molar-refractivity contribution in [3.8, 4) is 0 Å². The van der Waals surface area contributed by atoms with E-state index in [1.54, 1.807) is 0 Å². The van der Waals surface area contributed by atoms with Gasteiger partial charge in [-0.3, -0.25) is 9.59 Å². The molecule has 4 aliphatic carbocycles. The molecule has 0 spiro atoms. The van der Waals surface area contributed by atoms with Gasteiger partial charge in [-0.15, -0.1) is 0 Å². The largest absolute Gasteiger partial charge is 0.341 e. The number of rotatable bonds is 4. The van der Waals surface area contributed by atoms with Crippen LogP contribution in [0.15, 0.2) is 24.3 Å². The number of carbonyl (C=O) groups is 2. The molecule has 4 bridgehead atoms. The van der Waals surface area contributed by atoms with Crippen molar-refractivity contribution in [3.05, 3.63) is 35.6 Å². The molecule has 28 heavy (non-hydrogen) atoms. The van der Waals surface area contributed by atoms with Crippen LogP contribution in [0.5, 0.6) is 0 Å². The van der Waals surface area contributed by atoms with Gasteiger partial charge in [0.05, 0.1) is 0 Å². The second kappa shape index (κ2) is 6.85. The van der Waals surface area contributed by atoms with E-state index in [2.05, 4.69) is 5.32 Å². The minimum absolute atomic E-state index is 0.0931. The molecule has 1 saturated heterocycles. The highest BCUT2D eigenvalue weighted by Gasteiger charge is 2.57. The quantitative estimate of drug-likeness (QED) is 0.859. The Kier molecular flexibility index (Phi) is 4.44. The van der Waals surface area contributed by atoms with E-state index in [0.717, 1.165) is 45.2 Å². The Bertz CT molecular complexity index is 734.